The Balaban J connectivity index is 1.36. The first-order valence-corrected chi connectivity index (χ1v) is 13.7. The van der Waals surface area contributed by atoms with Crippen LogP contribution >= 0.6 is 23.2 Å². The van der Waals surface area contributed by atoms with E-state index in [1.807, 2.05) is 19.1 Å². The van der Waals surface area contributed by atoms with Gasteiger partial charge in [0.1, 0.15) is 16.5 Å². The summed E-state index contributed by atoms with van der Waals surface area (Å²) < 4.78 is 11.6. The Morgan fingerprint density at radius 2 is 1.85 bits per heavy atom. The number of piperidine rings is 1. The van der Waals surface area contributed by atoms with E-state index in [0.29, 0.717) is 28.3 Å². The van der Waals surface area contributed by atoms with E-state index < -0.39 is 0 Å². The van der Waals surface area contributed by atoms with Gasteiger partial charge in [0.15, 0.2) is 0 Å². The molecule has 3 heterocycles. The highest BCUT2D eigenvalue weighted by Gasteiger charge is 2.34. The van der Waals surface area contributed by atoms with Crippen LogP contribution in [-0.4, -0.2) is 71.9 Å². The van der Waals surface area contributed by atoms with Crippen LogP contribution in [0, 0.1) is 0 Å². The Morgan fingerprint density at radius 1 is 1.10 bits per heavy atom. The lowest BCUT2D eigenvalue weighted by molar-refractivity contribution is 0.0782. The van der Waals surface area contributed by atoms with Gasteiger partial charge >= 0.3 is 0 Å². The van der Waals surface area contributed by atoms with Gasteiger partial charge in [-0.05, 0) is 63.7 Å². The molecule has 3 aromatic rings. The van der Waals surface area contributed by atoms with Crippen LogP contribution in [0.4, 0.5) is 11.6 Å². The molecule has 5 rings (SSSR count). The summed E-state index contributed by atoms with van der Waals surface area (Å²) in [5.74, 6) is 0.561. The summed E-state index contributed by atoms with van der Waals surface area (Å²) in [6.07, 6.45) is 3.15. The number of rotatable bonds is 7. The highest BCUT2D eigenvalue weighted by molar-refractivity contribution is 6.34. The Bertz CT molecular complexity index is 1460. The minimum absolute atomic E-state index is 0.0711. The van der Waals surface area contributed by atoms with E-state index >= 15 is 0 Å². The molecule has 2 aliphatic heterocycles. The van der Waals surface area contributed by atoms with Crippen LogP contribution in [-0.2, 0) is 0 Å². The van der Waals surface area contributed by atoms with Crippen molar-refractivity contribution in [2.75, 3.05) is 39.6 Å². The van der Waals surface area contributed by atoms with Crippen LogP contribution < -0.4 is 20.1 Å². The molecule has 10 nitrogen and oxygen atoms in total. The molecular weight excluding hydrogens is 555 g/mol. The summed E-state index contributed by atoms with van der Waals surface area (Å²) in [5, 5.41) is 6.55. The number of nitrogens with zero attached hydrogens (tertiary/aromatic N) is 4. The van der Waals surface area contributed by atoms with Crippen LogP contribution in [0.3, 0.4) is 0 Å². The molecule has 2 N–H and O–H groups in total. The molecule has 210 valence electrons. The number of fused-ring (bicyclic) bond motifs is 1. The van der Waals surface area contributed by atoms with Crippen LogP contribution in [0.5, 0.6) is 17.4 Å². The van der Waals surface area contributed by atoms with Gasteiger partial charge in [0.2, 0.25) is 11.8 Å². The topological polar surface area (TPSA) is 109 Å². The van der Waals surface area contributed by atoms with Crippen molar-refractivity contribution in [3.8, 4) is 17.4 Å². The maximum absolute atomic E-state index is 13.0. The van der Waals surface area contributed by atoms with Crippen molar-refractivity contribution in [2.45, 2.75) is 31.8 Å². The molecule has 2 amide bonds. The number of hydrogen-bond acceptors (Lipinski definition) is 8. The van der Waals surface area contributed by atoms with E-state index in [1.165, 1.54) is 13.3 Å². The predicted octanol–water partition coefficient (Wildman–Crippen LogP) is 5.30. The van der Waals surface area contributed by atoms with Crippen molar-refractivity contribution in [3.63, 3.8) is 0 Å². The van der Waals surface area contributed by atoms with Gasteiger partial charge in [-0.2, -0.15) is 4.98 Å². The number of carbonyl (C=O) groups excluding carboxylic acids is 2. The summed E-state index contributed by atoms with van der Waals surface area (Å²) in [7, 11) is 5.31. The van der Waals surface area contributed by atoms with Crippen LogP contribution in [0.25, 0.3) is 0 Å². The standard InChI is InChI=1S/C28H30Cl2N6O4/c1-15-17-6-5-7-22(24(17)27(38)36(15)3)40-26-20(30)14-31-28(34-26)33-21-13-19(29)18(12-23(21)39-4)25(37)32-16-8-10-35(2)11-9-16/h5-7,12-16H,8-11H2,1-4H3,(H,32,37)(H,31,33,34). The van der Waals surface area contributed by atoms with Crippen molar-refractivity contribution >= 4 is 46.7 Å². The lowest BCUT2D eigenvalue weighted by Gasteiger charge is -2.29. The zero-order chi connectivity index (χ0) is 28.6. The molecule has 0 radical (unpaired) electrons. The van der Waals surface area contributed by atoms with Crippen molar-refractivity contribution in [2.24, 2.45) is 0 Å². The minimum Gasteiger partial charge on any atom is -0.495 e. The number of anilines is 2. The normalized spacial score (nSPS) is 17.5. The second kappa shape index (κ2) is 11.5. The third kappa shape index (κ3) is 5.52. The fraction of sp³-hybridized carbons (Fsp3) is 0.357. The quantitative estimate of drug-likeness (QED) is 0.385. The first-order valence-electron chi connectivity index (χ1n) is 12.9. The van der Waals surface area contributed by atoms with E-state index in [1.54, 1.807) is 30.1 Å². The fourth-order valence-electron chi connectivity index (χ4n) is 4.89. The number of aromatic nitrogens is 2. The number of ether oxygens (including phenoxy) is 2. The van der Waals surface area contributed by atoms with Crippen molar-refractivity contribution in [1.29, 1.82) is 0 Å². The first-order chi connectivity index (χ1) is 19.2. The lowest BCUT2D eigenvalue weighted by atomic mass is 10.0. The van der Waals surface area contributed by atoms with Crippen LogP contribution in [0.2, 0.25) is 10.0 Å². The van der Waals surface area contributed by atoms with Gasteiger partial charge in [-0.3, -0.25) is 9.59 Å². The molecule has 0 saturated carbocycles. The Labute approximate surface area is 242 Å². The first kappa shape index (κ1) is 27.9. The average molecular weight is 585 g/mol. The number of benzene rings is 2. The summed E-state index contributed by atoms with van der Waals surface area (Å²) >= 11 is 12.9. The molecule has 2 aliphatic rings. The molecule has 1 saturated heterocycles. The number of methoxy groups -OCH3 is 1. The van der Waals surface area contributed by atoms with Gasteiger partial charge in [-0.25, -0.2) is 4.98 Å². The molecule has 1 atom stereocenters. The largest absolute Gasteiger partial charge is 0.495 e. The number of nitrogens with one attached hydrogen (secondary N) is 2. The summed E-state index contributed by atoms with van der Waals surface area (Å²) in [6, 6.07) is 8.61. The summed E-state index contributed by atoms with van der Waals surface area (Å²) in [5.41, 5.74) is 2.10. The van der Waals surface area contributed by atoms with Gasteiger partial charge in [-0.1, -0.05) is 35.3 Å². The molecule has 12 heteroatoms. The second-order valence-electron chi connectivity index (χ2n) is 9.97. The highest BCUT2D eigenvalue weighted by Crippen LogP contribution is 2.40. The number of amides is 2. The van der Waals surface area contributed by atoms with Crippen LogP contribution in [0.15, 0.2) is 36.5 Å². The third-order valence-corrected chi connectivity index (χ3v) is 7.95. The lowest BCUT2D eigenvalue weighted by Crippen LogP contribution is -2.43. The predicted molar refractivity (Wildman–Crippen MR) is 153 cm³/mol. The molecule has 2 aromatic carbocycles. The second-order valence-corrected chi connectivity index (χ2v) is 10.8. The maximum Gasteiger partial charge on any atom is 0.258 e. The highest BCUT2D eigenvalue weighted by atomic mass is 35.5. The third-order valence-electron chi connectivity index (χ3n) is 7.38. The molecule has 40 heavy (non-hydrogen) atoms. The Kier molecular flexibility index (Phi) is 8.02. The molecule has 1 fully saturated rings. The van der Waals surface area contributed by atoms with E-state index in [-0.39, 0.29) is 45.8 Å². The van der Waals surface area contributed by atoms with Gasteiger partial charge in [-0.15, -0.1) is 0 Å². The molecular formula is C28H30Cl2N6O4. The number of likely N-dealkylation sites (tertiary alicyclic amines) is 1. The fourth-order valence-corrected chi connectivity index (χ4v) is 5.27. The monoisotopic (exact) mass is 584 g/mol. The number of carbonyl (C=O) groups is 2. The zero-order valence-electron chi connectivity index (χ0n) is 22.6. The van der Waals surface area contributed by atoms with E-state index in [2.05, 4.69) is 32.5 Å². The zero-order valence-corrected chi connectivity index (χ0v) is 24.1. The van der Waals surface area contributed by atoms with Crippen molar-refractivity contribution in [1.82, 2.24) is 25.1 Å². The van der Waals surface area contributed by atoms with Crippen LogP contribution in [0.1, 0.15) is 52.1 Å². The Morgan fingerprint density at radius 3 is 2.58 bits per heavy atom. The van der Waals surface area contributed by atoms with E-state index in [4.69, 9.17) is 32.7 Å². The molecule has 0 spiro atoms. The summed E-state index contributed by atoms with van der Waals surface area (Å²) in [6.45, 7) is 3.81. The number of hydrogen-bond donors (Lipinski definition) is 2. The van der Waals surface area contributed by atoms with Gasteiger partial charge in [0, 0.05) is 13.1 Å². The minimum atomic E-state index is -0.257. The van der Waals surface area contributed by atoms with Gasteiger partial charge < -0.3 is 29.9 Å². The summed E-state index contributed by atoms with van der Waals surface area (Å²) in [4.78, 5) is 38.4. The molecule has 1 aromatic heterocycles. The molecule has 0 aliphatic carbocycles. The van der Waals surface area contributed by atoms with Gasteiger partial charge in [0.05, 0.1) is 41.2 Å². The smallest absolute Gasteiger partial charge is 0.258 e. The molecule has 1 unspecified atom stereocenters. The Hall–Kier alpha value is -3.60. The van der Waals surface area contributed by atoms with Gasteiger partial charge in [0.25, 0.3) is 11.8 Å². The maximum atomic E-state index is 13.0. The molecule has 0 bridgehead atoms. The number of halogens is 2. The van der Waals surface area contributed by atoms with E-state index in [0.717, 1.165) is 31.5 Å². The van der Waals surface area contributed by atoms with Crippen molar-refractivity contribution < 1.29 is 19.1 Å². The van der Waals surface area contributed by atoms with E-state index in [9.17, 15) is 9.59 Å². The SMILES string of the molecule is COc1cc(C(=O)NC2CCN(C)CC2)c(Cl)cc1Nc1ncc(Cl)c(Oc2cccc3c2C(=O)N(C)C3C)n1. The van der Waals surface area contributed by atoms with Crippen molar-refractivity contribution in [3.05, 3.63) is 63.3 Å². The average Bonchev–Trinajstić information content (AvgIpc) is 3.16.